The number of rotatable bonds is 8. The molecule has 4 nitrogen and oxygen atoms in total. The third-order valence-electron chi connectivity index (χ3n) is 2.61. The SMILES string of the molecule is CCCCOCCOc1ccc(C(=N)N)cc1C. The number of benzene rings is 1. The molecule has 3 N–H and O–H groups in total. The zero-order valence-electron chi connectivity index (χ0n) is 11.2. The van der Waals surface area contributed by atoms with Crippen LogP contribution in [-0.2, 0) is 4.74 Å². The van der Waals surface area contributed by atoms with Crippen molar-refractivity contribution in [3.8, 4) is 5.75 Å². The third kappa shape index (κ3) is 4.75. The van der Waals surface area contributed by atoms with Crippen molar-refractivity contribution in [1.29, 1.82) is 5.41 Å². The topological polar surface area (TPSA) is 68.3 Å². The highest BCUT2D eigenvalue weighted by Gasteiger charge is 2.03. The Morgan fingerprint density at radius 3 is 2.67 bits per heavy atom. The van der Waals surface area contributed by atoms with Gasteiger partial charge in [0.25, 0.3) is 0 Å². The van der Waals surface area contributed by atoms with E-state index in [4.69, 9.17) is 20.6 Å². The first-order valence-electron chi connectivity index (χ1n) is 6.30. The minimum absolute atomic E-state index is 0.0764. The molecular weight excluding hydrogens is 228 g/mol. The van der Waals surface area contributed by atoms with Crippen LogP contribution in [0, 0.1) is 12.3 Å². The van der Waals surface area contributed by atoms with Crippen molar-refractivity contribution < 1.29 is 9.47 Å². The van der Waals surface area contributed by atoms with Crippen LogP contribution in [0.2, 0.25) is 0 Å². The first-order valence-corrected chi connectivity index (χ1v) is 6.30. The number of hydrogen-bond donors (Lipinski definition) is 2. The van der Waals surface area contributed by atoms with Gasteiger partial charge in [-0.1, -0.05) is 13.3 Å². The maximum absolute atomic E-state index is 7.35. The number of hydrogen-bond acceptors (Lipinski definition) is 3. The molecule has 0 saturated carbocycles. The molecular formula is C14H22N2O2. The van der Waals surface area contributed by atoms with Crippen molar-refractivity contribution in [2.45, 2.75) is 26.7 Å². The van der Waals surface area contributed by atoms with Gasteiger partial charge < -0.3 is 15.2 Å². The highest BCUT2D eigenvalue weighted by Crippen LogP contribution is 2.18. The largest absolute Gasteiger partial charge is 0.491 e. The van der Waals surface area contributed by atoms with E-state index in [1.807, 2.05) is 19.1 Å². The molecule has 1 aromatic rings. The van der Waals surface area contributed by atoms with E-state index in [1.165, 1.54) is 0 Å². The maximum Gasteiger partial charge on any atom is 0.122 e. The van der Waals surface area contributed by atoms with Crippen LogP contribution in [0.15, 0.2) is 18.2 Å². The number of unbranched alkanes of at least 4 members (excludes halogenated alkanes) is 1. The Hall–Kier alpha value is -1.55. The molecule has 0 fully saturated rings. The predicted molar refractivity (Wildman–Crippen MR) is 73.4 cm³/mol. The number of nitrogens with two attached hydrogens (primary N) is 1. The molecule has 0 aliphatic heterocycles. The van der Waals surface area contributed by atoms with Crippen molar-refractivity contribution in [1.82, 2.24) is 0 Å². The van der Waals surface area contributed by atoms with Crippen LogP contribution in [0.1, 0.15) is 30.9 Å². The molecule has 0 spiro atoms. The van der Waals surface area contributed by atoms with E-state index in [2.05, 4.69) is 6.92 Å². The second kappa shape index (κ2) is 7.71. The second-order valence-corrected chi connectivity index (χ2v) is 4.21. The van der Waals surface area contributed by atoms with Crippen LogP contribution in [-0.4, -0.2) is 25.7 Å². The summed E-state index contributed by atoms with van der Waals surface area (Å²) in [5, 5.41) is 7.35. The fourth-order valence-corrected chi connectivity index (χ4v) is 1.54. The summed E-state index contributed by atoms with van der Waals surface area (Å²) in [6.45, 7) is 6.03. The van der Waals surface area contributed by atoms with Crippen LogP contribution < -0.4 is 10.5 Å². The molecule has 0 unspecified atom stereocenters. The van der Waals surface area contributed by atoms with Gasteiger partial charge in [-0.3, -0.25) is 5.41 Å². The summed E-state index contributed by atoms with van der Waals surface area (Å²) in [5.74, 6) is 0.895. The van der Waals surface area contributed by atoms with Gasteiger partial charge in [-0.2, -0.15) is 0 Å². The Bertz CT molecular complexity index is 391. The first kappa shape index (κ1) is 14.5. The Balaban J connectivity index is 2.36. The molecule has 0 bridgehead atoms. The first-order chi connectivity index (χ1) is 8.65. The lowest BCUT2D eigenvalue weighted by molar-refractivity contribution is 0.0978. The molecule has 0 aliphatic rings. The standard InChI is InChI=1S/C14H22N2O2/c1-3-4-7-17-8-9-18-13-6-5-12(14(15)16)10-11(13)2/h5-6,10H,3-4,7-9H2,1-2H3,(H3,15,16). The molecule has 18 heavy (non-hydrogen) atoms. The van der Waals surface area contributed by atoms with Crippen molar-refractivity contribution in [2.24, 2.45) is 5.73 Å². The van der Waals surface area contributed by atoms with E-state index in [1.54, 1.807) is 6.07 Å². The van der Waals surface area contributed by atoms with Gasteiger partial charge in [-0.25, -0.2) is 0 Å². The van der Waals surface area contributed by atoms with Gasteiger partial charge in [-0.05, 0) is 37.1 Å². The Labute approximate surface area is 109 Å². The van der Waals surface area contributed by atoms with E-state index < -0.39 is 0 Å². The summed E-state index contributed by atoms with van der Waals surface area (Å²) in [6, 6.07) is 5.50. The van der Waals surface area contributed by atoms with E-state index >= 15 is 0 Å². The highest BCUT2D eigenvalue weighted by molar-refractivity contribution is 5.95. The van der Waals surface area contributed by atoms with Gasteiger partial charge in [0.05, 0.1) is 6.61 Å². The second-order valence-electron chi connectivity index (χ2n) is 4.21. The fraction of sp³-hybridized carbons (Fsp3) is 0.500. The Kier molecular flexibility index (Phi) is 6.22. The Morgan fingerprint density at radius 2 is 2.06 bits per heavy atom. The molecule has 0 radical (unpaired) electrons. The highest BCUT2D eigenvalue weighted by atomic mass is 16.5. The van der Waals surface area contributed by atoms with E-state index in [0.29, 0.717) is 13.2 Å². The van der Waals surface area contributed by atoms with Gasteiger partial charge in [0.1, 0.15) is 18.2 Å². The molecule has 0 aliphatic carbocycles. The summed E-state index contributed by atoms with van der Waals surface area (Å²) in [7, 11) is 0. The molecule has 0 saturated heterocycles. The monoisotopic (exact) mass is 250 g/mol. The fourth-order valence-electron chi connectivity index (χ4n) is 1.54. The average Bonchev–Trinajstić information content (AvgIpc) is 2.35. The normalized spacial score (nSPS) is 10.3. The van der Waals surface area contributed by atoms with E-state index in [9.17, 15) is 0 Å². The van der Waals surface area contributed by atoms with Gasteiger partial charge in [0.15, 0.2) is 0 Å². The third-order valence-corrected chi connectivity index (χ3v) is 2.61. The molecule has 0 amide bonds. The minimum atomic E-state index is 0.0764. The van der Waals surface area contributed by atoms with Gasteiger partial charge in [-0.15, -0.1) is 0 Å². The summed E-state index contributed by atoms with van der Waals surface area (Å²) in [6.07, 6.45) is 2.23. The van der Waals surface area contributed by atoms with Crippen LogP contribution >= 0.6 is 0 Å². The van der Waals surface area contributed by atoms with Crippen LogP contribution in [0.25, 0.3) is 0 Å². The van der Waals surface area contributed by atoms with Gasteiger partial charge >= 0.3 is 0 Å². The van der Waals surface area contributed by atoms with Crippen molar-refractivity contribution in [3.63, 3.8) is 0 Å². The molecule has 1 aromatic carbocycles. The smallest absolute Gasteiger partial charge is 0.122 e. The molecule has 1 rings (SSSR count). The number of nitrogens with one attached hydrogen (secondary N) is 1. The van der Waals surface area contributed by atoms with Crippen molar-refractivity contribution >= 4 is 5.84 Å². The maximum atomic E-state index is 7.35. The lowest BCUT2D eigenvalue weighted by atomic mass is 10.1. The quantitative estimate of drug-likeness (QED) is 0.423. The van der Waals surface area contributed by atoms with Crippen molar-refractivity contribution in [2.75, 3.05) is 19.8 Å². The lowest BCUT2D eigenvalue weighted by Gasteiger charge is -2.10. The summed E-state index contributed by atoms with van der Waals surface area (Å²) >= 11 is 0. The Morgan fingerprint density at radius 1 is 1.28 bits per heavy atom. The predicted octanol–water partition coefficient (Wildman–Crippen LogP) is 2.47. The molecule has 100 valence electrons. The van der Waals surface area contributed by atoms with Gasteiger partial charge in [0, 0.05) is 12.2 Å². The van der Waals surface area contributed by atoms with Crippen LogP contribution in [0.3, 0.4) is 0 Å². The number of ether oxygens (including phenoxy) is 2. The van der Waals surface area contributed by atoms with Crippen LogP contribution in [0.5, 0.6) is 5.75 Å². The van der Waals surface area contributed by atoms with Gasteiger partial charge in [0.2, 0.25) is 0 Å². The zero-order chi connectivity index (χ0) is 13.4. The molecule has 0 atom stereocenters. The number of amidine groups is 1. The van der Waals surface area contributed by atoms with Crippen LogP contribution in [0.4, 0.5) is 0 Å². The molecule has 0 heterocycles. The lowest BCUT2D eigenvalue weighted by Crippen LogP contribution is -2.12. The summed E-state index contributed by atoms with van der Waals surface area (Å²) in [4.78, 5) is 0. The summed E-state index contributed by atoms with van der Waals surface area (Å²) in [5.41, 5.74) is 7.13. The average molecular weight is 250 g/mol. The minimum Gasteiger partial charge on any atom is -0.491 e. The van der Waals surface area contributed by atoms with E-state index in [0.717, 1.165) is 36.3 Å². The number of nitrogen functional groups attached to an aromatic ring is 1. The van der Waals surface area contributed by atoms with Crippen molar-refractivity contribution in [3.05, 3.63) is 29.3 Å². The number of aryl methyl sites for hydroxylation is 1. The van der Waals surface area contributed by atoms with E-state index in [-0.39, 0.29) is 5.84 Å². The summed E-state index contributed by atoms with van der Waals surface area (Å²) < 4.78 is 11.0. The molecule has 4 heteroatoms. The zero-order valence-corrected chi connectivity index (χ0v) is 11.2. The molecule has 0 aromatic heterocycles.